The molecule has 0 amide bonds. The van der Waals surface area contributed by atoms with Crippen LogP contribution in [0.1, 0.15) is 6.42 Å². The van der Waals surface area contributed by atoms with Gasteiger partial charge >= 0.3 is 9.28 Å². The van der Waals surface area contributed by atoms with E-state index in [1.807, 2.05) is 7.05 Å². The van der Waals surface area contributed by atoms with E-state index in [2.05, 4.69) is 5.32 Å². The molecule has 0 aliphatic carbocycles. The van der Waals surface area contributed by atoms with Crippen molar-refractivity contribution >= 4 is 39.3 Å². The topological polar surface area (TPSA) is 49.0 Å². The van der Waals surface area contributed by atoms with Crippen LogP contribution in [0.2, 0.25) is 6.04 Å². The second kappa shape index (κ2) is 8.02. The van der Waals surface area contributed by atoms with E-state index in [0.717, 1.165) is 19.0 Å². The van der Waals surface area contributed by atoms with Crippen LogP contribution in [0.25, 0.3) is 0 Å². The van der Waals surface area contributed by atoms with Crippen LogP contribution < -0.4 is 5.32 Å². The summed E-state index contributed by atoms with van der Waals surface area (Å²) in [6.07, 6.45) is 1.13. The van der Waals surface area contributed by atoms with Gasteiger partial charge in [0.1, 0.15) is 0 Å². The van der Waals surface area contributed by atoms with Crippen molar-refractivity contribution in [1.29, 1.82) is 0 Å². The fourth-order valence-electron chi connectivity index (χ4n) is 1.04. The first kappa shape index (κ1) is 11.7. The Kier molecular flexibility index (Phi) is 7.24. The summed E-state index contributed by atoms with van der Waals surface area (Å²) < 4.78 is 21.9. The molecule has 0 aromatic heterocycles. The van der Waals surface area contributed by atoms with E-state index < -0.39 is 39.3 Å². The molecule has 0 aromatic rings. The van der Waals surface area contributed by atoms with Gasteiger partial charge in [0, 0.05) is 0 Å². The highest BCUT2D eigenvalue weighted by Crippen LogP contribution is 2.01. The molecule has 5 nitrogen and oxygen atoms in total. The summed E-state index contributed by atoms with van der Waals surface area (Å²) in [7, 11) is -1.64. The lowest BCUT2D eigenvalue weighted by Gasteiger charge is -2.20. The molecule has 1 aliphatic rings. The molecule has 0 atom stereocenters. The van der Waals surface area contributed by atoms with Gasteiger partial charge in [0.25, 0.3) is 30.0 Å². The van der Waals surface area contributed by atoms with Gasteiger partial charge in [-0.1, -0.05) is 0 Å². The van der Waals surface area contributed by atoms with E-state index in [9.17, 15) is 0 Å². The SMILES string of the molecule is CNCCC[SiH]1O[SiH2]O[SiH2]O[SiH2]O1. The van der Waals surface area contributed by atoms with Crippen molar-refractivity contribution in [2.24, 2.45) is 0 Å². The van der Waals surface area contributed by atoms with Gasteiger partial charge in [0.05, 0.1) is 0 Å². The molecule has 1 rings (SSSR count). The van der Waals surface area contributed by atoms with Crippen molar-refractivity contribution in [3.8, 4) is 0 Å². The summed E-state index contributed by atoms with van der Waals surface area (Å²) in [5.74, 6) is 0. The summed E-state index contributed by atoms with van der Waals surface area (Å²) in [6, 6.07) is 1.08. The molecule has 1 saturated heterocycles. The maximum absolute atomic E-state index is 5.62. The molecule has 0 unspecified atom stereocenters. The van der Waals surface area contributed by atoms with Crippen molar-refractivity contribution in [3.05, 3.63) is 0 Å². The second-order valence-electron chi connectivity index (χ2n) is 2.77. The molecule has 0 bridgehead atoms. The predicted molar refractivity (Wildman–Crippen MR) is 60.5 cm³/mol. The fraction of sp³-hybridized carbons (Fsp3) is 1.00. The minimum Gasteiger partial charge on any atom is -0.425 e. The Morgan fingerprint density at radius 2 is 1.85 bits per heavy atom. The number of rotatable bonds is 4. The van der Waals surface area contributed by atoms with E-state index in [4.69, 9.17) is 16.5 Å². The first-order valence-corrected chi connectivity index (χ1v) is 9.69. The lowest BCUT2D eigenvalue weighted by atomic mass is 10.5. The van der Waals surface area contributed by atoms with Crippen molar-refractivity contribution < 1.29 is 16.5 Å². The monoisotopic (exact) mass is 255 g/mol. The summed E-state index contributed by atoms with van der Waals surface area (Å²) in [4.78, 5) is 0. The van der Waals surface area contributed by atoms with Crippen LogP contribution in [0.3, 0.4) is 0 Å². The summed E-state index contributed by atoms with van der Waals surface area (Å²) >= 11 is 0. The predicted octanol–water partition coefficient (Wildman–Crippen LogP) is -3.11. The molecule has 1 N–H and O–H groups in total. The molecule has 0 aromatic carbocycles. The van der Waals surface area contributed by atoms with Gasteiger partial charge in [-0.15, -0.1) is 0 Å². The minimum absolute atomic E-state index is 0.711. The highest BCUT2D eigenvalue weighted by molar-refractivity contribution is 6.59. The first-order chi connectivity index (χ1) is 6.43. The fourth-order valence-corrected chi connectivity index (χ4v) is 9.95. The summed E-state index contributed by atoms with van der Waals surface area (Å²) in [5, 5.41) is 3.11. The third kappa shape index (κ3) is 5.87. The van der Waals surface area contributed by atoms with Crippen LogP contribution in [0.4, 0.5) is 0 Å². The van der Waals surface area contributed by atoms with E-state index in [0.29, 0.717) is 0 Å². The van der Waals surface area contributed by atoms with Crippen LogP contribution in [0.15, 0.2) is 0 Å². The van der Waals surface area contributed by atoms with Crippen molar-refractivity contribution in [2.45, 2.75) is 12.5 Å². The minimum atomic E-state index is -1.38. The molecule has 0 saturated carbocycles. The standard InChI is InChI=1S/C4H17NO4Si4/c1-5-3-2-4-13-8-11-6-10-7-12-9-13/h5,13H,2-4,10-12H2,1H3. The summed E-state index contributed by atoms with van der Waals surface area (Å²) in [6.45, 7) is 1.04. The van der Waals surface area contributed by atoms with E-state index in [-0.39, 0.29) is 0 Å². The van der Waals surface area contributed by atoms with Gasteiger partial charge in [-0.3, -0.25) is 0 Å². The van der Waals surface area contributed by atoms with Gasteiger partial charge in [0.15, 0.2) is 0 Å². The Bertz CT molecular complexity index is 123. The van der Waals surface area contributed by atoms with Gasteiger partial charge in [-0.05, 0) is 26.1 Å². The van der Waals surface area contributed by atoms with E-state index >= 15 is 0 Å². The Balaban J connectivity index is 2.06. The number of hydrogen-bond acceptors (Lipinski definition) is 5. The second-order valence-corrected chi connectivity index (χ2v) is 10.8. The first-order valence-electron chi connectivity index (χ1n) is 4.47. The van der Waals surface area contributed by atoms with Crippen LogP contribution >= 0.6 is 0 Å². The molecule has 78 valence electrons. The van der Waals surface area contributed by atoms with Crippen LogP contribution in [0.5, 0.6) is 0 Å². The molecular formula is C4H17NO4Si4. The molecular weight excluding hydrogens is 238 g/mol. The maximum Gasteiger partial charge on any atom is 0.303 e. The largest absolute Gasteiger partial charge is 0.425 e. The third-order valence-corrected chi connectivity index (χ3v) is 9.32. The molecule has 0 radical (unpaired) electrons. The summed E-state index contributed by atoms with van der Waals surface area (Å²) in [5.41, 5.74) is 0. The molecule has 9 heteroatoms. The average molecular weight is 256 g/mol. The van der Waals surface area contributed by atoms with Crippen LogP contribution in [-0.2, 0) is 16.5 Å². The normalized spacial score (nSPS) is 30.7. The van der Waals surface area contributed by atoms with Crippen molar-refractivity contribution in [3.63, 3.8) is 0 Å². The van der Waals surface area contributed by atoms with Crippen LogP contribution in [0, 0.1) is 0 Å². The number of nitrogens with one attached hydrogen (secondary N) is 1. The zero-order valence-corrected chi connectivity index (χ0v) is 13.4. The van der Waals surface area contributed by atoms with Crippen molar-refractivity contribution in [1.82, 2.24) is 5.32 Å². The van der Waals surface area contributed by atoms with E-state index in [1.165, 1.54) is 0 Å². The Morgan fingerprint density at radius 3 is 2.46 bits per heavy atom. The highest BCUT2D eigenvalue weighted by atomic mass is 28.4. The average Bonchev–Trinajstić information content (AvgIpc) is 2.08. The quantitative estimate of drug-likeness (QED) is 0.426. The maximum atomic E-state index is 5.62. The Hall–Kier alpha value is 0.668. The lowest BCUT2D eigenvalue weighted by molar-refractivity contribution is 0.327. The zero-order valence-electron chi connectivity index (χ0n) is 7.95. The number of hydrogen-bond donors (Lipinski definition) is 1. The van der Waals surface area contributed by atoms with Crippen LogP contribution in [-0.4, -0.2) is 52.9 Å². The Morgan fingerprint density at radius 1 is 1.15 bits per heavy atom. The zero-order chi connectivity index (χ0) is 9.36. The molecule has 1 aliphatic heterocycles. The molecule has 13 heavy (non-hydrogen) atoms. The molecule has 1 heterocycles. The smallest absolute Gasteiger partial charge is 0.303 e. The third-order valence-electron chi connectivity index (χ3n) is 1.71. The molecule has 0 spiro atoms. The van der Waals surface area contributed by atoms with Gasteiger partial charge in [-0.2, -0.15) is 0 Å². The lowest BCUT2D eigenvalue weighted by Crippen LogP contribution is -2.33. The Labute approximate surface area is 87.5 Å². The molecule has 1 fully saturated rings. The van der Waals surface area contributed by atoms with Gasteiger partial charge in [-0.25, -0.2) is 0 Å². The highest BCUT2D eigenvalue weighted by Gasteiger charge is 2.14. The van der Waals surface area contributed by atoms with Crippen molar-refractivity contribution in [2.75, 3.05) is 13.6 Å². The van der Waals surface area contributed by atoms with Gasteiger partial charge in [0.2, 0.25) is 0 Å². The van der Waals surface area contributed by atoms with E-state index in [1.54, 1.807) is 0 Å². The van der Waals surface area contributed by atoms with Gasteiger partial charge < -0.3 is 21.8 Å².